The van der Waals surface area contributed by atoms with Crippen molar-refractivity contribution >= 4 is 17.4 Å². The van der Waals surface area contributed by atoms with Crippen LogP contribution < -0.4 is 0 Å². The minimum absolute atomic E-state index is 1.23. The van der Waals surface area contributed by atoms with Crippen LogP contribution >= 0.6 is 11.3 Å². The highest BCUT2D eigenvalue weighted by Gasteiger charge is 1.86. The maximum Gasteiger partial charge on any atom is 0.00203 e. The lowest BCUT2D eigenvalue weighted by atomic mass is 10.3. The van der Waals surface area contributed by atoms with E-state index < -0.39 is 0 Å². The first-order valence-electron chi connectivity index (χ1n) is 2.50. The second-order valence-electron chi connectivity index (χ2n) is 1.69. The normalized spacial score (nSPS) is 9.12. The van der Waals surface area contributed by atoms with Gasteiger partial charge in [-0.15, -0.1) is 11.3 Å². The van der Waals surface area contributed by atoms with Gasteiger partial charge in [0, 0.05) is 4.88 Å². The van der Waals surface area contributed by atoms with E-state index in [0.29, 0.717) is 0 Å². The quantitative estimate of drug-likeness (QED) is 0.540. The molecule has 1 heterocycles. The molecule has 0 aromatic carbocycles. The molecule has 0 amide bonds. The lowest BCUT2D eigenvalue weighted by Gasteiger charge is -1.73. The number of aryl methyl sites for hydroxylation is 1. The third-order valence-electron chi connectivity index (χ3n) is 0.987. The van der Waals surface area contributed by atoms with Crippen molar-refractivity contribution < 1.29 is 0 Å². The molecule has 0 atom stereocenters. The molecule has 0 aliphatic carbocycles. The summed E-state index contributed by atoms with van der Waals surface area (Å²) < 4.78 is 0. The maximum absolute atomic E-state index is 3.65. The van der Waals surface area contributed by atoms with Gasteiger partial charge >= 0.3 is 0 Å². The largest absolute Gasteiger partial charge is 0.149 e. The molecule has 0 bridgehead atoms. The first-order chi connectivity index (χ1) is 3.83. The van der Waals surface area contributed by atoms with Crippen LogP contribution in [0.25, 0.3) is 6.08 Å². The fourth-order valence-electron chi connectivity index (χ4n) is 0.571. The van der Waals surface area contributed by atoms with Crippen LogP contribution in [-0.4, -0.2) is 0 Å². The molecule has 42 valence electrons. The van der Waals surface area contributed by atoms with Crippen molar-refractivity contribution in [3.8, 4) is 0 Å². The van der Waals surface area contributed by atoms with Crippen LogP contribution in [0.3, 0.4) is 0 Å². The van der Waals surface area contributed by atoms with Gasteiger partial charge in [-0.1, -0.05) is 12.7 Å². The Bertz CT molecular complexity index is 186. The highest BCUT2D eigenvalue weighted by atomic mass is 32.1. The lowest BCUT2D eigenvalue weighted by Crippen LogP contribution is -1.54. The van der Waals surface area contributed by atoms with Gasteiger partial charge in [0.1, 0.15) is 0 Å². The smallest absolute Gasteiger partial charge is 0.00203 e. The van der Waals surface area contributed by atoms with Crippen molar-refractivity contribution in [2.24, 2.45) is 0 Å². The summed E-state index contributed by atoms with van der Waals surface area (Å²) in [6, 6.07) is 2.12. The lowest BCUT2D eigenvalue weighted by molar-refractivity contribution is 1.63. The van der Waals surface area contributed by atoms with Crippen LogP contribution in [0.1, 0.15) is 10.4 Å². The second-order valence-corrected chi connectivity index (χ2v) is 2.81. The van der Waals surface area contributed by atoms with E-state index in [1.807, 2.05) is 6.08 Å². The molecule has 8 heavy (non-hydrogen) atoms. The van der Waals surface area contributed by atoms with E-state index in [1.54, 1.807) is 11.3 Å². The fourth-order valence-corrected chi connectivity index (χ4v) is 1.26. The standard InChI is InChI=1S/C7H8S/c1-3-7-4-6(2)8-5-7/h3-5H,1H2,2H3. The van der Waals surface area contributed by atoms with Gasteiger partial charge in [-0.25, -0.2) is 0 Å². The summed E-state index contributed by atoms with van der Waals surface area (Å²) in [6.07, 6.45) is 1.86. The summed E-state index contributed by atoms with van der Waals surface area (Å²) >= 11 is 1.76. The van der Waals surface area contributed by atoms with E-state index in [4.69, 9.17) is 0 Å². The topological polar surface area (TPSA) is 0 Å². The molecule has 1 aromatic rings. The zero-order valence-electron chi connectivity index (χ0n) is 4.85. The first-order valence-corrected chi connectivity index (χ1v) is 3.38. The molecule has 0 saturated heterocycles. The minimum atomic E-state index is 1.23. The summed E-state index contributed by atoms with van der Waals surface area (Å²) in [4.78, 5) is 1.35. The molecule has 0 aliphatic heterocycles. The van der Waals surface area contributed by atoms with Crippen molar-refractivity contribution in [2.75, 3.05) is 0 Å². The van der Waals surface area contributed by atoms with E-state index >= 15 is 0 Å². The highest BCUT2D eigenvalue weighted by molar-refractivity contribution is 7.10. The minimum Gasteiger partial charge on any atom is -0.149 e. The Labute approximate surface area is 53.5 Å². The third kappa shape index (κ3) is 0.984. The van der Waals surface area contributed by atoms with Crippen molar-refractivity contribution in [1.82, 2.24) is 0 Å². The fraction of sp³-hybridized carbons (Fsp3) is 0.143. The molecular formula is C7H8S. The van der Waals surface area contributed by atoms with Gasteiger partial charge < -0.3 is 0 Å². The predicted octanol–water partition coefficient (Wildman–Crippen LogP) is 2.70. The van der Waals surface area contributed by atoms with Crippen molar-refractivity contribution in [3.05, 3.63) is 28.5 Å². The molecule has 0 aliphatic rings. The Balaban J connectivity index is 3.00. The van der Waals surface area contributed by atoms with Gasteiger partial charge in [0.2, 0.25) is 0 Å². The van der Waals surface area contributed by atoms with E-state index in [2.05, 4.69) is 24.9 Å². The van der Waals surface area contributed by atoms with Crippen molar-refractivity contribution in [2.45, 2.75) is 6.92 Å². The Morgan fingerprint density at radius 1 is 1.75 bits per heavy atom. The summed E-state index contributed by atoms with van der Waals surface area (Å²) in [5.74, 6) is 0. The molecular weight excluding hydrogens is 116 g/mol. The van der Waals surface area contributed by atoms with Gasteiger partial charge in [0.25, 0.3) is 0 Å². The van der Waals surface area contributed by atoms with Crippen LogP contribution in [0.2, 0.25) is 0 Å². The summed E-state index contributed by atoms with van der Waals surface area (Å²) in [5.41, 5.74) is 1.23. The van der Waals surface area contributed by atoms with Crippen LogP contribution in [-0.2, 0) is 0 Å². The van der Waals surface area contributed by atoms with Crippen molar-refractivity contribution in [1.29, 1.82) is 0 Å². The molecule has 1 rings (SSSR count). The molecule has 0 N–H and O–H groups in total. The summed E-state index contributed by atoms with van der Waals surface area (Å²) in [6.45, 7) is 5.75. The Kier molecular flexibility index (Phi) is 1.49. The van der Waals surface area contributed by atoms with Crippen LogP contribution in [0.5, 0.6) is 0 Å². The molecule has 0 saturated carbocycles. The summed E-state index contributed by atoms with van der Waals surface area (Å²) in [7, 11) is 0. The maximum atomic E-state index is 3.65. The number of hydrogen-bond donors (Lipinski definition) is 0. The number of rotatable bonds is 1. The van der Waals surface area contributed by atoms with E-state index in [-0.39, 0.29) is 0 Å². The van der Waals surface area contributed by atoms with Gasteiger partial charge in [-0.05, 0) is 23.9 Å². The van der Waals surface area contributed by atoms with E-state index in [0.717, 1.165) is 0 Å². The molecule has 0 nitrogen and oxygen atoms in total. The average molecular weight is 124 g/mol. The molecule has 0 unspecified atom stereocenters. The van der Waals surface area contributed by atoms with Crippen LogP contribution in [0, 0.1) is 6.92 Å². The average Bonchev–Trinajstić information content (AvgIpc) is 2.14. The van der Waals surface area contributed by atoms with Crippen LogP contribution in [0.4, 0.5) is 0 Å². The van der Waals surface area contributed by atoms with Gasteiger partial charge in [-0.3, -0.25) is 0 Å². The zero-order valence-corrected chi connectivity index (χ0v) is 5.66. The Morgan fingerprint density at radius 2 is 2.50 bits per heavy atom. The second kappa shape index (κ2) is 2.14. The van der Waals surface area contributed by atoms with E-state index in [1.165, 1.54) is 10.4 Å². The third-order valence-corrected chi connectivity index (χ3v) is 1.87. The van der Waals surface area contributed by atoms with Crippen LogP contribution in [0.15, 0.2) is 18.0 Å². The molecule has 1 heteroatoms. The molecule has 0 spiro atoms. The van der Waals surface area contributed by atoms with Gasteiger partial charge in [0.15, 0.2) is 0 Å². The number of hydrogen-bond acceptors (Lipinski definition) is 1. The Morgan fingerprint density at radius 3 is 2.75 bits per heavy atom. The highest BCUT2D eigenvalue weighted by Crippen LogP contribution is 2.12. The van der Waals surface area contributed by atoms with Gasteiger partial charge in [0.05, 0.1) is 0 Å². The zero-order chi connectivity index (χ0) is 5.98. The number of thiophene rings is 1. The van der Waals surface area contributed by atoms with Gasteiger partial charge in [-0.2, -0.15) is 0 Å². The monoisotopic (exact) mass is 124 g/mol. The predicted molar refractivity (Wildman–Crippen MR) is 39.1 cm³/mol. The summed E-state index contributed by atoms with van der Waals surface area (Å²) in [5, 5.41) is 2.10. The van der Waals surface area contributed by atoms with Crippen molar-refractivity contribution in [3.63, 3.8) is 0 Å². The first kappa shape index (κ1) is 5.57. The molecule has 0 radical (unpaired) electrons. The SMILES string of the molecule is C=Cc1csc(C)c1. The van der Waals surface area contributed by atoms with E-state index in [9.17, 15) is 0 Å². The Hall–Kier alpha value is -0.560. The molecule has 1 aromatic heterocycles. The molecule has 0 fully saturated rings.